The van der Waals surface area contributed by atoms with Gasteiger partial charge in [-0.2, -0.15) is 5.10 Å². The summed E-state index contributed by atoms with van der Waals surface area (Å²) in [7, 11) is 0. The standard InChI is InChI=1S/C6H10BrN3/c1-4(2-8)5-3-9-10-6(5)7/h3-4H,2,8H2,1H3,(H,9,10). The molecule has 0 aromatic carbocycles. The molecule has 0 aliphatic heterocycles. The summed E-state index contributed by atoms with van der Waals surface area (Å²) in [6.45, 7) is 2.72. The largest absolute Gasteiger partial charge is 0.330 e. The van der Waals surface area contributed by atoms with E-state index in [0.29, 0.717) is 12.5 Å². The smallest absolute Gasteiger partial charge is 0.104 e. The molecule has 0 aliphatic carbocycles. The highest BCUT2D eigenvalue weighted by molar-refractivity contribution is 9.10. The lowest BCUT2D eigenvalue weighted by Crippen LogP contribution is -2.08. The molecule has 0 radical (unpaired) electrons. The third-order valence-corrected chi connectivity index (χ3v) is 2.14. The van der Waals surface area contributed by atoms with Crippen LogP contribution in [0.1, 0.15) is 18.4 Å². The predicted octanol–water partition coefficient (Wildman–Crippen LogP) is 1.23. The minimum atomic E-state index is 0.369. The van der Waals surface area contributed by atoms with Gasteiger partial charge < -0.3 is 5.73 Å². The SMILES string of the molecule is CC(CN)c1cn[nH]c1Br. The van der Waals surface area contributed by atoms with Crippen LogP contribution < -0.4 is 5.73 Å². The molecule has 0 aliphatic rings. The van der Waals surface area contributed by atoms with Gasteiger partial charge in [-0.25, -0.2) is 0 Å². The van der Waals surface area contributed by atoms with E-state index in [9.17, 15) is 0 Å². The molecule has 4 heteroatoms. The number of nitrogens with one attached hydrogen (secondary N) is 1. The predicted molar refractivity (Wildman–Crippen MR) is 43.8 cm³/mol. The van der Waals surface area contributed by atoms with E-state index in [0.717, 1.165) is 10.2 Å². The van der Waals surface area contributed by atoms with E-state index in [4.69, 9.17) is 5.73 Å². The first kappa shape index (κ1) is 7.75. The molecule has 3 N–H and O–H groups in total. The molecule has 56 valence electrons. The van der Waals surface area contributed by atoms with Crippen LogP contribution in [-0.4, -0.2) is 16.7 Å². The molecule has 1 unspecified atom stereocenters. The average molecular weight is 204 g/mol. The van der Waals surface area contributed by atoms with E-state index in [1.165, 1.54) is 0 Å². The van der Waals surface area contributed by atoms with E-state index in [2.05, 4.69) is 33.1 Å². The van der Waals surface area contributed by atoms with Crippen molar-refractivity contribution in [3.8, 4) is 0 Å². The third-order valence-electron chi connectivity index (χ3n) is 1.50. The molecule has 0 saturated carbocycles. The molecular formula is C6H10BrN3. The van der Waals surface area contributed by atoms with Gasteiger partial charge in [0.25, 0.3) is 0 Å². The van der Waals surface area contributed by atoms with Crippen LogP contribution in [0.25, 0.3) is 0 Å². The summed E-state index contributed by atoms with van der Waals surface area (Å²) in [4.78, 5) is 0. The monoisotopic (exact) mass is 203 g/mol. The molecule has 1 aromatic heterocycles. The maximum Gasteiger partial charge on any atom is 0.104 e. The van der Waals surface area contributed by atoms with Crippen molar-refractivity contribution in [1.82, 2.24) is 10.2 Å². The van der Waals surface area contributed by atoms with Crippen molar-refractivity contribution < 1.29 is 0 Å². The number of aromatic nitrogens is 2. The summed E-state index contributed by atoms with van der Waals surface area (Å²) in [6, 6.07) is 0. The van der Waals surface area contributed by atoms with Gasteiger partial charge in [0.1, 0.15) is 4.60 Å². The van der Waals surface area contributed by atoms with Crippen LogP contribution in [0.4, 0.5) is 0 Å². The number of nitrogens with zero attached hydrogens (tertiary/aromatic N) is 1. The molecule has 0 bridgehead atoms. The lowest BCUT2D eigenvalue weighted by atomic mass is 10.1. The Bertz CT molecular complexity index is 209. The van der Waals surface area contributed by atoms with Crippen LogP contribution in [0.5, 0.6) is 0 Å². The Hall–Kier alpha value is -0.350. The van der Waals surface area contributed by atoms with Crippen molar-refractivity contribution >= 4 is 15.9 Å². The molecule has 1 heterocycles. The summed E-state index contributed by atoms with van der Waals surface area (Å²) >= 11 is 3.33. The maximum absolute atomic E-state index is 5.47. The Morgan fingerprint density at radius 1 is 1.90 bits per heavy atom. The fourth-order valence-corrected chi connectivity index (χ4v) is 1.35. The van der Waals surface area contributed by atoms with Gasteiger partial charge in [0, 0.05) is 5.56 Å². The zero-order valence-electron chi connectivity index (χ0n) is 5.76. The van der Waals surface area contributed by atoms with Crippen LogP contribution in [0, 0.1) is 0 Å². The topological polar surface area (TPSA) is 54.7 Å². The lowest BCUT2D eigenvalue weighted by Gasteiger charge is -2.04. The minimum absolute atomic E-state index is 0.369. The number of aromatic amines is 1. The molecule has 1 rings (SSSR count). The lowest BCUT2D eigenvalue weighted by molar-refractivity contribution is 0.771. The first-order valence-electron chi connectivity index (χ1n) is 3.14. The summed E-state index contributed by atoms with van der Waals surface area (Å²) in [5.41, 5.74) is 6.61. The van der Waals surface area contributed by atoms with Crippen molar-refractivity contribution in [3.63, 3.8) is 0 Å². The minimum Gasteiger partial charge on any atom is -0.330 e. The highest BCUT2D eigenvalue weighted by Gasteiger charge is 2.07. The van der Waals surface area contributed by atoms with E-state index in [1.54, 1.807) is 6.20 Å². The van der Waals surface area contributed by atoms with E-state index >= 15 is 0 Å². The highest BCUT2D eigenvalue weighted by atomic mass is 79.9. The van der Waals surface area contributed by atoms with Crippen molar-refractivity contribution in [1.29, 1.82) is 0 Å². The fourth-order valence-electron chi connectivity index (χ4n) is 0.750. The number of H-pyrrole nitrogens is 1. The van der Waals surface area contributed by atoms with E-state index in [1.807, 2.05) is 0 Å². The molecule has 0 amide bonds. The second-order valence-corrected chi connectivity index (χ2v) is 3.07. The number of hydrogen-bond donors (Lipinski definition) is 2. The summed E-state index contributed by atoms with van der Waals surface area (Å²) < 4.78 is 0.936. The fraction of sp³-hybridized carbons (Fsp3) is 0.500. The summed E-state index contributed by atoms with van der Waals surface area (Å²) in [5, 5.41) is 6.66. The highest BCUT2D eigenvalue weighted by Crippen LogP contribution is 2.20. The Morgan fingerprint density at radius 2 is 2.60 bits per heavy atom. The number of hydrogen-bond acceptors (Lipinski definition) is 2. The zero-order valence-corrected chi connectivity index (χ0v) is 7.35. The molecule has 0 spiro atoms. The number of nitrogens with two attached hydrogens (primary N) is 1. The van der Waals surface area contributed by atoms with Crippen LogP contribution >= 0.6 is 15.9 Å². The molecule has 1 aromatic rings. The first-order chi connectivity index (χ1) is 4.75. The van der Waals surface area contributed by atoms with Gasteiger partial charge >= 0.3 is 0 Å². The van der Waals surface area contributed by atoms with Crippen LogP contribution in [0.2, 0.25) is 0 Å². The average Bonchev–Trinajstić information content (AvgIpc) is 2.34. The maximum atomic E-state index is 5.47. The van der Waals surface area contributed by atoms with Gasteiger partial charge in [-0.3, -0.25) is 5.10 Å². The van der Waals surface area contributed by atoms with Gasteiger partial charge in [0.2, 0.25) is 0 Å². The third kappa shape index (κ3) is 1.38. The number of rotatable bonds is 2. The molecule has 0 saturated heterocycles. The van der Waals surface area contributed by atoms with Crippen molar-refractivity contribution in [3.05, 3.63) is 16.4 Å². The second-order valence-electron chi connectivity index (χ2n) is 2.28. The van der Waals surface area contributed by atoms with Crippen LogP contribution in [0.3, 0.4) is 0 Å². The van der Waals surface area contributed by atoms with Crippen molar-refractivity contribution in [2.45, 2.75) is 12.8 Å². The Kier molecular flexibility index (Phi) is 2.45. The van der Waals surface area contributed by atoms with Gasteiger partial charge in [-0.15, -0.1) is 0 Å². The van der Waals surface area contributed by atoms with Gasteiger partial charge in [0.15, 0.2) is 0 Å². The van der Waals surface area contributed by atoms with Crippen LogP contribution in [0.15, 0.2) is 10.8 Å². The quantitative estimate of drug-likeness (QED) is 0.761. The van der Waals surface area contributed by atoms with Crippen LogP contribution in [-0.2, 0) is 0 Å². The van der Waals surface area contributed by atoms with Crippen molar-refractivity contribution in [2.24, 2.45) is 5.73 Å². The van der Waals surface area contributed by atoms with E-state index in [-0.39, 0.29) is 0 Å². The first-order valence-corrected chi connectivity index (χ1v) is 3.93. The van der Waals surface area contributed by atoms with Gasteiger partial charge in [-0.05, 0) is 28.4 Å². The summed E-state index contributed by atoms with van der Waals surface area (Å²) in [6.07, 6.45) is 1.79. The van der Waals surface area contributed by atoms with Crippen molar-refractivity contribution in [2.75, 3.05) is 6.54 Å². The van der Waals surface area contributed by atoms with Gasteiger partial charge in [0.05, 0.1) is 6.20 Å². The molecule has 1 atom stereocenters. The second kappa shape index (κ2) is 3.16. The Balaban J connectivity index is 2.82. The van der Waals surface area contributed by atoms with Gasteiger partial charge in [-0.1, -0.05) is 6.92 Å². The zero-order chi connectivity index (χ0) is 7.56. The summed E-state index contributed by atoms with van der Waals surface area (Å²) in [5.74, 6) is 0.369. The normalized spacial score (nSPS) is 13.5. The molecule has 0 fully saturated rings. The molecule has 3 nitrogen and oxygen atoms in total. The van der Waals surface area contributed by atoms with E-state index < -0.39 is 0 Å². The Morgan fingerprint density at radius 3 is 3.00 bits per heavy atom. The Labute approximate surface area is 68.1 Å². The number of halogens is 1. The molecule has 10 heavy (non-hydrogen) atoms. The molecular weight excluding hydrogens is 194 g/mol.